The first-order valence-corrected chi connectivity index (χ1v) is 7.65. The molecule has 1 aliphatic rings. The zero-order chi connectivity index (χ0) is 14.5. The van der Waals surface area contributed by atoms with Gasteiger partial charge in [0.25, 0.3) is 5.91 Å². The van der Waals surface area contributed by atoms with Crippen LogP contribution >= 0.6 is 0 Å². The smallest absolute Gasteiger partial charge is 0.257 e. The third-order valence-electron chi connectivity index (χ3n) is 3.59. The van der Waals surface area contributed by atoms with E-state index in [0.717, 1.165) is 37.4 Å². The van der Waals surface area contributed by atoms with Crippen LogP contribution < -0.4 is 5.32 Å². The normalized spacial score (nSPS) is 14.2. The summed E-state index contributed by atoms with van der Waals surface area (Å²) in [5.41, 5.74) is 2.54. The number of carbonyl (C=O) groups excluding carboxylic acids is 1. The topological polar surface area (TPSA) is 45.2 Å². The van der Waals surface area contributed by atoms with Gasteiger partial charge in [-0.3, -0.25) is 9.78 Å². The van der Waals surface area contributed by atoms with E-state index in [0.29, 0.717) is 11.5 Å². The lowest BCUT2D eigenvalue weighted by atomic mass is 10.1. The van der Waals surface area contributed by atoms with Gasteiger partial charge < -0.3 is 10.2 Å². The van der Waals surface area contributed by atoms with Crippen molar-refractivity contribution in [3.8, 4) is 0 Å². The van der Waals surface area contributed by atoms with E-state index in [9.17, 15) is 4.79 Å². The molecule has 0 radical (unpaired) electrons. The Kier molecular flexibility index (Phi) is 4.99. The quantitative estimate of drug-likeness (QED) is 0.831. The van der Waals surface area contributed by atoms with Gasteiger partial charge in [0.05, 0.1) is 11.3 Å². The number of rotatable bonds is 7. The number of nitrogens with zero attached hydrogens (tertiary/aromatic N) is 2. The van der Waals surface area contributed by atoms with E-state index >= 15 is 0 Å². The van der Waals surface area contributed by atoms with Crippen molar-refractivity contribution in [1.82, 2.24) is 9.88 Å². The lowest BCUT2D eigenvalue weighted by Crippen LogP contribution is -2.34. The number of carbonyl (C=O) groups is 1. The first kappa shape index (κ1) is 14.8. The highest BCUT2D eigenvalue weighted by Gasteiger charge is 2.27. The van der Waals surface area contributed by atoms with Gasteiger partial charge in [-0.15, -0.1) is 0 Å². The molecular formula is C16H25N3O. The van der Waals surface area contributed by atoms with Gasteiger partial charge in [0, 0.05) is 31.5 Å². The third kappa shape index (κ3) is 3.71. The molecule has 1 heterocycles. The summed E-state index contributed by atoms with van der Waals surface area (Å²) < 4.78 is 0. The fourth-order valence-corrected chi connectivity index (χ4v) is 2.40. The van der Waals surface area contributed by atoms with Crippen LogP contribution in [0.2, 0.25) is 0 Å². The Morgan fingerprint density at radius 3 is 2.80 bits per heavy atom. The molecule has 0 saturated heterocycles. The molecule has 1 aliphatic carbocycles. The van der Waals surface area contributed by atoms with Gasteiger partial charge in [-0.2, -0.15) is 0 Å². The van der Waals surface area contributed by atoms with E-state index in [2.05, 4.69) is 17.2 Å². The van der Waals surface area contributed by atoms with Crippen molar-refractivity contribution in [2.45, 2.75) is 40.0 Å². The molecule has 1 amide bonds. The molecule has 0 unspecified atom stereocenters. The van der Waals surface area contributed by atoms with Crippen LogP contribution in [0.25, 0.3) is 0 Å². The van der Waals surface area contributed by atoms with Crippen LogP contribution in [-0.4, -0.2) is 35.4 Å². The fourth-order valence-electron chi connectivity index (χ4n) is 2.40. The van der Waals surface area contributed by atoms with Gasteiger partial charge in [-0.1, -0.05) is 6.92 Å². The highest BCUT2D eigenvalue weighted by molar-refractivity contribution is 5.99. The summed E-state index contributed by atoms with van der Waals surface area (Å²) in [7, 11) is 0. The van der Waals surface area contributed by atoms with Crippen molar-refractivity contribution in [2.24, 2.45) is 5.92 Å². The van der Waals surface area contributed by atoms with Crippen molar-refractivity contribution in [2.75, 3.05) is 25.0 Å². The molecule has 20 heavy (non-hydrogen) atoms. The Bertz CT molecular complexity index is 469. The molecule has 1 saturated carbocycles. The Morgan fingerprint density at radius 2 is 2.20 bits per heavy atom. The summed E-state index contributed by atoms with van der Waals surface area (Å²) >= 11 is 0. The Hall–Kier alpha value is -1.58. The number of hydrogen-bond acceptors (Lipinski definition) is 3. The molecule has 4 heteroatoms. The van der Waals surface area contributed by atoms with Gasteiger partial charge in [0.2, 0.25) is 0 Å². The van der Waals surface area contributed by atoms with E-state index in [1.54, 1.807) is 6.20 Å². The summed E-state index contributed by atoms with van der Waals surface area (Å²) in [4.78, 5) is 19.0. The first-order chi connectivity index (χ1) is 9.65. The number of amides is 1. The minimum atomic E-state index is 0.113. The van der Waals surface area contributed by atoms with Crippen LogP contribution in [0.1, 0.15) is 49.2 Å². The van der Waals surface area contributed by atoms with Crippen LogP contribution in [0, 0.1) is 12.8 Å². The summed E-state index contributed by atoms with van der Waals surface area (Å²) in [6, 6.07) is 1.96. The van der Waals surface area contributed by atoms with Crippen LogP contribution in [0.3, 0.4) is 0 Å². The van der Waals surface area contributed by atoms with Crippen LogP contribution in [0.4, 0.5) is 5.69 Å². The summed E-state index contributed by atoms with van der Waals surface area (Å²) in [5.74, 6) is 0.827. The Morgan fingerprint density at radius 1 is 1.45 bits per heavy atom. The van der Waals surface area contributed by atoms with Gasteiger partial charge in [0.15, 0.2) is 0 Å². The second-order valence-corrected chi connectivity index (χ2v) is 5.60. The molecule has 0 aliphatic heterocycles. The molecule has 4 nitrogen and oxygen atoms in total. The molecule has 0 bridgehead atoms. The second-order valence-electron chi connectivity index (χ2n) is 5.60. The van der Waals surface area contributed by atoms with E-state index in [4.69, 9.17) is 0 Å². The molecule has 0 atom stereocenters. The highest BCUT2D eigenvalue weighted by atomic mass is 16.2. The number of nitrogens with one attached hydrogen (secondary N) is 1. The Balaban J connectivity index is 2.20. The summed E-state index contributed by atoms with van der Waals surface area (Å²) in [6.07, 6.45) is 5.24. The van der Waals surface area contributed by atoms with Crippen molar-refractivity contribution in [3.63, 3.8) is 0 Å². The highest BCUT2D eigenvalue weighted by Crippen LogP contribution is 2.30. The molecule has 2 rings (SSSR count). The molecule has 0 aromatic carbocycles. The number of hydrogen-bond donors (Lipinski definition) is 1. The average molecular weight is 275 g/mol. The maximum absolute atomic E-state index is 12.8. The first-order valence-electron chi connectivity index (χ1n) is 7.65. The summed E-state index contributed by atoms with van der Waals surface area (Å²) in [5, 5.41) is 3.28. The summed E-state index contributed by atoms with van der Waals surface area (Å²) in [6.45, 7) is 8.63. The van der Waals surface area contributed by atoms with E-state index in [1.165, 1.54) is 12.8 Å². The molecule has 110 valence electrons. The SMILES string of the molecule is CCCN(CC1CC1)C(=O)c1cnc(C)cc1NCC. The van der Waals surface area contributed by atoms with Crippen molar-refractivity contribution in [3.05, 3.63) is 23.5 Å². The fraction of sp³-hybridized carbons (Fsp3) is 0.625. The third-order valence-corrected chi connectivity index (χ3v) is 3.59. The molecule has 0 spiro atoms. The van der Waals surface area contributed by atoms with Crippen LogP contribution in [0.5, 0.6) is 0 Å². The molecule has 1 fully saturated rings. The second kappa shape index (κ2) is 6.73. The van der Waals surface area contributed by atoms with Crippen molar-refractivity contribution >= 4 is 11.6 Å². The van der Waals surface area contributed by atoms with E-state index in [1.807, 2.05) is 24.8 Å². The van der Waals surface area contributed by atoms with Gasteiger partial charge in [0.1, 0.15) is 0 Å². The number of aromatic nitrogens is 1. The van der Waals surface area contributed by atoms with E-state index < -0.39 is 0 Å². The monoisotopic (exact) mass is 275 g/mol. The minimum Gasteiger partial charge on any atom is -0.385 e. The largest absolute Gasteiger partial charge is 0.385 e. The van der Waals surface area contributed by atoms with Crippen molar-refractivity contribution in [1.29, 1.82) is 0 Å². The molecule has 1 N–H and O–H groups in total. The zero-order valence-corrected chi connectivity index (χ0v) is 12.8. The Labute approximate surface area is 121 Å². The lowest BCUT2D eigenvalue weighted by molar-refractivity contribution is 0.0748. The number of pyridine rings is 1. The zero-order valence-electron chi connectivity index (χ0n) is 12.8. The average Bonchev–Trinajstić information content (AvgIpc) is 3.22. The standard InChI is InChI=1S/C16H25N3O/c1-4-8-19(11-13-6-7-13)16(20)14-10-18-12(3)9-15(14)17-5-2/h9-10,13H,4-8,11H2,1-3H3,(H,17,18). The maximum atomic E-state index is 12.8. The predicted molar refractivity (Wildman–Crippen MR) is 82.1 cm³/mol. The van der Waals surface area contributed by atoms with Gasteiger partial charge >= 0.3 is 0 Å². The van der Waals surface area contributed by atoms with Gasteiger partial charge in [-0.25, -0.2) is 0 Å². The van der Waals surface area contributed by atoms with Crippen LogP contribution in [0.15, 0.2) is 12.3 Å². The van der Waals surface area contributed by atoms with Crippen molar-refractivity contribution < 1.29 is 4.79 Å². The maximum Gasteiger partial charge on any atom is 0.257 e. The molecule has 1 aromatic heterocycles. The van der Waals surface area contributed by atoms with E-state index in [-0.39, 0.29) is 5.91 Å². The molecular weight excluding hydrogens is 250 g/mol. The predicted octanol–water partition coefficient (Wildman–Crippen LogP) is 3.08. The minimum absolute atomic E-state index is 0.113. The lowest BCUT2D eigenvalue weighted by Gasteiger charge is -2.23. The van der Waals surface area contributed by atoms with Gasteiger partial charge in [-0.05, 0) is 45.1 Å². The number of anilines is 1. The molecule has 1 aromatic rings. The van der Waals surface area contributed by atoms with Crippen LogP contribution in [-0.2, 0) is 0 Å². The number of aryl methyl sites for hydroxylation is 1.